The minimum Gasteiger partial charge on any atom is -0.487 e. The third-order valence-corrected chi connectivity index (χ3v) is 4.61. The molecule has 0 bridgehead atoms. The number of aryl methyl sites for hydroxylation is 3. The molecule has 2 aromatic rings. The summed E-state index contributed by atoms with van der Waals surface area (Å²) in [5.41, 5.74) is 10.4. The summed E-state index contributed by atoms with van der Waals surface area (Å²) < 4.78 is 7.65. The van der Waals surface area contributed by atoms with Crippen molar-refractivity contribution in [3.8, 4) is 5.75 Å². The van der Waals surface area contributed by atoms with Gasteiger partial charge >= 0.3 is 0 Å². The van der Waals surface area contributed by atoms with Gasteiger partial charge in [0.1, 0.15) is 12.4 Å². The van der Waals surface area contributed by atoms with E-state index in [4.69, 9.17) is 22.1 Å². The van der Waals surface area contributed by atoms with Crippen LogP contribution in [0, 0.1) is 6.92 Å². The average molecular weight is 306 g/mol. The van der Waals surface area contributed by atoms with Crippen LogP contribution >= 0.6 is 11.6 Å². The molecule has 1 aliphatic rings. The van der Waals surface area contributed by atoms with E-state index in [-0.39, 0.29) is 6.04 Å². The van der Waals surface area contributed by atoms with Gasteiger partial charge in [-0.05, 0) is 49.4 Å². The first-order valence-electron chi connectivity index (χ1n) is 7.25. The molecular weight excluding hydrogens is 286 g/mol. The predicted octanol–water partition coefficient (Wildman–Crippen LogP) is 3.30. The fourth-order valence-corrected chi connectivity index (χ4v) is 3.11. The van der Waals surface area contributed by atoms with Crippen LogP contribution in [0.4, 0.5) is 0 Å². The van der Waals surface area contributed by atoms with Crippen LogP contribution in [-0.4, -0.2) is 9.78 Å². The molecule has 0 radical (unpaired) electrons. The summed E-state index contributed by atoms with van der Waals surface area (Å²) in [4.78, 5) is 0. The molecule has 21 heavy (non-hydrogen) atoms. The predicted molar refractivity (Wildman–Crippen MR) is 83.6 cm³/mol. The second-order valence-corrected chi connectivity index (χ2v) is 6.00. The number of aromatic nitrogens is 2. The van der Waals surface area contributed by atoms with Crippen LogP contribution in [0.15, 0.2) is 18.2 Å². The van der Waals surface area contributed by atoms with E-state index in [0.717, 1.165) is 36.4 Å². The van der Waals surface area contributed by atoms with Gasteiger partial charge in [0.2, 0.25) is 0 Å². The second-order valence-electron chi connectivity index (χ2n) is 5.62. The number of fused-ring (bicyclic) bond motifs is 1. The molecule has 1 aliphatic carbocycles. The maximum atomic E-state index is 6.24. The van der Waals surface area contributed by atoms with Crippen molar-refractivity contribution >= 4 is 11.6 Å². The number of hydrogen-bond acceptors (Lipinski definition) is 3. The van der Waals surface area contributed by atoms with Crippen molar-refractivity contribution in [2.75, 3.05) is 0 Å². The number of ether oxygens (including phenoxy) is 1. The highest BCUT2D eigenvalue weighted by molar-refractivity contribution is 6.31. The average Bonchev–Trinajstić information content (AvgIpc) is 2.71. The maximum absolute atomic E-state index is 6.24. The lowest BCUT2D eigenvalue weighted by Gasteiger charge is -2.22. The molecule has 0 fully saturated rings. The van der Waals surface area contributed by atoms with E-state index in [1.165, 1.54) is 11.1 Å². The van der Waals surface area contributed by atoms with Crippen LogP contribution in [0.2, 0.25) is 5.02 Å². The monoisotopic (exact) mass is 305 g/mol. The highest BCUT2D eigenvalue weighted by Gasteiger charge is 2.18. The van der Waals surface area contributed by atoms with E-state index in [9.17, 15) is 0 Å². The van der Waals surface area contributed by atoms with Crippen molar-refractivity contribution in [1.29, 1.82) is 0 Å². The van der Waals surface area contributed by atoms with E-state index >= 15 is 0 Å². The first-order valence-corrected chi connectivity index (χ1v) is 7.63. The minimum absolute atomic E-state index is 0.125. The summed E-state index contributed by atoms with van der Waals surface area (Å²) in [5, 5.41) is 4.96. The summed E-state index contributed by atoms with van der Waals surface area (Å²) in [6, 6.07) is 6.32. The Morgan fingerprint density at radius 1 is 1.48 bits per heavy atom. The fourth-order valence-electron chi connectivity index (χ4n) is 2.89. The second kappa shape index (κ2) is 5.70. The third kappa shape index (κ3) is 2.78. The summed E-state index contributed by atoms with van der Waals surface area (Å²) in [5.74, 6) is 0.834. The Balaban J connectivity index is 1.78. The van der Waals surface area contributed by atoms with Crippen molar-refractivity contribution in [1.82, 2.24) is 9.78 Å². The van der Waals surface area contributed by atoms with Gasteiger partial charge in [0, 0.05) is 13.1 Å². The minimum atomic E-state index is 0.125. The topological polar surface area (TPSA) is 53.1 Å². The van der Waals surface area contributed by atoms with Crippen LogP contribution in [0.3, 0.4) is 0 Å². The molecule has 3 rings (SSSR count). The lowest BCUT2D eigenvalue weighted by molar-refractivity contribution is 0.294. The SMILES string of the molecule is Cc1nn(C)c(COc2ccc3c(c2)[C@H](N)CCC3)c1Cl. The van der Waals surface area contributed by atoms with Crippen molar-refractivity contribution in [3.05, 3.63) is 45.7 Å². The number of rotatable bonds is 3. The van der Waals surface area contributed by atoms with Crippen LogP contribution in [0.1, 0.15) is 41.4 Å². The van der Waals surface area contributed by atoms with Gasteiger partial charge in [-0.3, -0.25) is 4.68 Å². The van der Waals surface area contributed by atoms with Gasteiger partial charge in [0.25, 0.3) is 0 Å². The smallest absolute Gasteiger partial charge is 0.131 e. The zero-order valence-corrected chi connectivity index (χ0v) is 13.2. The van der Waals surface area contributed by atoms with Crippen molar-refractivity contribution in [2.24, 2.45) is 12.8 Å². The Morgan fingerprint density at radius 3 is 3.00 bits per heavy atom. The molecule has 0 aliphatic heterocycles. The van der Waals surface area contributed by atoms with Crippen LogP contribution in [0.25, 0.3) is 0 Å². The van der Waals surface area contributed by atoms with Gasteiger partial charge in [0.15, 0.2) is 0 Å². The molecule has 0 spiro atoms. The highest BCUT2D eigenvalue weighted by Crippen LogP contribution is 2.31. The Hall–Kier alpha value is -1.52. The largest absolute Gasteiger partial charge is 0.487 e. The molecule has 0 amide bonds. The van der Waals surface area contributed by atoms with Gasteiger partial charge in [-0.15, -0.1) is 0 Å². The van der Waals surface area contributed by atoms with E-state index in [1.807, 2.05) is 20.0 Å². The van der Waals surface area contributed by atoms with Gasteiger partial charge < -0.3 is 10.5 Å². The lowest BCUT2D eigenvalue weighted by Crippen LogP contribution is -2.17. The normalized spacial score (nSPS) is 17.6. The van der Waals surface area contributed by atoms with Crippen molar-refractivity contribution in [2.45, 2.75) is 38.8 Å². The summed E-state index contributed by atoms with van der Waals surface area (Å²) in [7, 11) is 1.88. The summed E-state index contributed by atoms with van der Waals surface area (Å²) >= 11 is 6.24. The lowest BCUT2D eigenvalue weighted by atomic mass is 9.88. The van der Waals surface area contributed by atoms with E-state index < -0.39 is 0 Å². The third-order valence-electron chi connectivity index (χ3n) is 4.12. The molecule has 1 heterocycles. The van der Waals surface area contributed by atoms with Crippen LogP contribution < -0.4 is 10.5 Å². The number of hydrogen-bond donors (Lipinski definition) is 1. The number of nitrogens with zero attached hydrogens (tertiary/aromatic N) is 2. The van der Waals surface area contributed by atoms with Crippen molar-refractivity contribution < 1.29 is 4.74 Å². The Bertz CT molecular complexity index is 666. The van der Waals surface area contributed by atoms with Crippen LogP contribution in [-0.2, 0) is 20.1 Å². The van der Waals surface area contributed by atoms with Gasteiger partial charge in [-0.2, -0.15) is 5.10 Å². The fraction of sp³-hybridized carbons (Fsp3) is 0.438. The molecular formula is C16H20ClN3O. The van der Waals surface area contributed by atoms with Gasteiger partial charge in [-0.25, -0.2) is 0 Å². The molecule has 2 N–H and O–H groups in total. The van der Waals surface area contributed by atoms with E-state index in [2.05, 4.69) is 17.2 Å². The quantitative estimate of drug-likeness (QED) is 0.946. The first kappa shape index (κ1) is 14.4. The summed E-state index contributed by atoms with van der Waals surface area (Å²) in [6.07, 6.45) is 3.32. The van der Waals surface area contributed by atoms with Gasteiger partial charge in [0.05, 0.1) is 16.4 Å². The molecule has 5 heteroatoms. The molecule has 0 unspecified atom stereocenters. The Morgan fingerprint density at radius 2 is 2.29 bits per heavy atom. The number of benzene rings is 1. The molecule has 1 atom stereocenters. The van der Waals surface area contributed by atoms with E-state index in [0.29, 0.717) is 11.6 Å². The highest BCUT2D eigenvalue weighted by atomic mass is 35.5. The number of nitrogens with two attached hydrogens (primary N) is 1. The molecule has 1 aromatic carbocycles. The first-order chi connectivity index (χ1) is 10.1. The zero-order valence-electron chi connectivity index (χ0n) is 12.4. The zero-order chi connectivity index (χ0) is 15.0. The molecule has 112 valence electrons. The van der Waals surface area contributed by atoms with E-state index in [1.54, 1.807) is 4.68 Å². The molecule has 0 saturated carbocycles. The Kier molecular flexibility index (Phi) is 3.91. The van der Waals surface area contributed by atoms with Crippen LogP contribution in [0.5, 0.6) is 5.75 Å². The van der Waals surface area contributed by atoms with Gasteiger partial charge in [-0.1, -0.05) is 17.7 Å². The standard InChI is InChI=1S/C16H20ClN3O/c1-10-16(17)15(20(2)19-10)9-21-12-7-6-11-4-3-5-14(18)13(11)8-12/h6-8,14H,3-5,9,18H2,1-2H3/t14-/m1/s1. The van der Waals surface area contributed by atoms with Crippen molar-refractivity contribution in [3.63, 3.8) is 0 Å². The number of halogens is 1. The molecule has 0 saturated heterocycles. The molecule has 4 nitrogen and oxygen atoms in total. The maximum Gasteiger partial charge on any atom is 0.131 e. The molecule has 1 aromatic heterocycles. The Labute approximate surface area is 129 Å². The summed E-state index contributed by atoms with van der Waals surface area (Å²) in [6.45, 7) is 2.30.